The number of likely N-dealkylation sites (tertiary alicyclic amines) is 1. The Labute approximate surface area is 189 Å². The zero-order valence-electron chi connectivity index (χ0n) is 18.6. The molecule has 2 aliphatic heterocycles. The SMILES string of the molecule is CN1CCN(c2ccc(CNC(=O)[C@H]3CN(Cc4ccccc4)C[C@H]3C(=O)O)cc2)CC1. The van der Waals surface area contributed by atoms with Gasteiger partial charge in [0.15, 0.2) is 0 Å². The van der Waals surface area contributed by atoms with Gasteiger partial charge in [-0.1, -0.05) is 42.5 Å². The van der Waals surface area contributed by atoms with E-state index in [-0.39, 0.29) is 5.91 Å². The van der Waals surface area contributed by atoms with Crippen molar-refractivity contribution in [1.29, 1.82) is 0 Å². The minimum absolute atomic E-state index is 0.184. The number of nitrogens with one attached hydrogen (secondary N) is 1. The molecular formula is C25H32N4O3. The monoisotopic (exact) mass is 436 g/mol. The van der Waals surface area contributed by atoms with Crippen LogP contribution in [0.25, 0.3) is 0 Å². The number of carbonyl (C=O) groups is 2. The van der Waals surface area contributed by atoms with Crippen molar-refractivity contribution in [3.8, 4) is 0 Å². The molecule has 1 amide bonds. The lowest BCUT2D eigenvalue weighted by atomic mass is 9.95. The van der Waals surface area contributed by atoms with Crippen LogP contribution >= 0.6 is 0 Å². The van der Waals surface area contributed by atoms with Crippen LogP contribution in [-0.4, -0.2) is 73.1 Å². The lowest BCUT2D eigenvalue weighted by molar-refractivity contribution is -0.145. The molecule has 2 N–H and O–H groups in total. The Kier molecular flexibility index (Phi) is 7.07. The van der Waals surface area contributed by atoms with Gasteiger partial charge in [0.1, 0.15) is 0 Å². The van der Waals surface area contributed by atoms with Crippen molar-refractivity contribution in [3.63, 3.8) is 0 Å². The van der Waals surface area contributed by atoms with Gasteiger partial charge in [-0.25, -0.2) is 0 Å². The second-order valence-electron chi connectivity index (χ2n) is 8.91. The molecule has 0 aromatic heterocycles. The van der Waals surface area contributed by atoms with Crippen molar-refractivity contribution in [1.82, 2.24) is 15.1 Å². The molecule has 2 aliphatic rings. The second-order valence-corrected chi connectivity index (χ2v) is 8.91. The number of amides is 1. The number of piperazine rings is 1. The smallest absolute Gasteiger partial charge is 0.308 e. The zero-order chi connectivity index (χ0) is 22.5. The highest BCUT2D eigenvalue weighted by molar-refractivity contribution is 5.85. The second kappa shape index (κ2) is 10.1. The van der Waals surface area contributed by atoms with E-state index in [2.05, 4.69) is 39.2 Å². The minimum atomic E-state index is -0.905. The largest absolute Gasteiger partial charge is 0.481 e. The van der Waals surface area contributed by atoms with E-state index < -0.39 is 17.8 Å². The molecule has 2 aromatic rings. The number of carbonyl (C=O) groups excluding carboxylic acids is 1. The fraction of sp³-hybridized carbons (Fsp3) is 0.440. The average Bonchev–Trinajstić information content (AvgIpc) is 3.23. The molecule has 0 saturated carbocycles. The van der Waals surface area contributed by atoms with Gasteiger partial charge in [0.05, 0.1) is 11.8 Å². The summed E-state index contributed by atoms with van der Waals surface area (Å²) in [5.41, 5.74) is 3.34. The number of anilines is 1. The molecule has 0 unspecified atom stereocenters. The number of hydrogen-bond donors (Lipinski definition) is 2. The van der Waals surface area contributed by atoms with Gasteiger partial charge in [0.25, 0.3) is 0 Å². The molecule has 170 valence electrons. The first-order chi connectivity index (χ1) is 15.5. The highest BCUT2D eigenvalue weighted by Gasteiger charge is 2.41. The van der Waals surface area contributed by atoms with Crippen LogP contribution in [0.5, 0.6) is 0 Å². The molecule has 2 saturated heterocycles. The predicted molar refractivity (Wildman–Crippen MR) is 124 cm³/mol. The highest BCUT2D eigenvalue weighted by atomic mass is 16.4. The number of hydrogen-bond acceptors (Lipinski definition) is 5. The van der Waals surface area contributed by atoms with E-state index in [1.165, 1.54) is 5.69 Å². The summed E-state index contributed by atoms with van der Waals surface area (Å²) < 4.78 is 0. The van der Waals surface area contributed by atoms with Gasteiger partial charge in [0, 0.05) is 58.0 Å². The van der Waals surface area contributed by atoms with Crippen molar-refractivity contribution < 1.29 is 14.7 Å². The molecule has 7 nitrogen and oxygen atoms in total. The average molecular weight is 437 g/mol. The fourth-order valence-corrected chi connectivity index (χ4v) is 4.58. The first-order valence-corrected chi connectivity index (χ1v) is 11.3. The molecule has 0 aliphatic carbocycles. The quantitative estimate of drug-likeness (QED) is 0.690. The molecule has 2 atom stereocenters. The first-order valence-electron chi connectivity index (χ1n) is 11.3. The van der Waals surface area contributed by atoms with Gasteiger partial charge in [0.2, 0.25) is 5.91 Å². The van der Waals surface area contributed by atoms with E-state index in [1.807, 2.05) is 42.5 Å². The third-order valence-corrected chi connectivity index (χ3v) is 6.57. The molecular weight excluding hydrogens is 404 g/mol. The maximum absolute atomic E-state index is 12.9. The molecule has 2 fully saturated rings. The normalized spacial score (nSPS) is 22.1. The van der Waals surface area contributed by atoms with Gasteiger partial charge in [-0.15, -0.1) is 0 Å². The summed E-state index contributed by atoms with van der Waals surface area (Å²) in [6.45, 7) is 6.07. The summed E-state index contributed by atoms with van der Waals surface area (Å²) in [6.07, 6.45) is 0. The van der Waals surface area contributed by atoms with Crippen LogP contribution in [-0.2, 0) is 22.7 Å². The van der Waals surface area contributed by atoms with E-state index in [0.29, 0.717) is 26.2 Å². The van der Waals surface area contributed by atoms with Crippen LogP contribution in [0.2, 0.25) is 0 Å². The molecule has 0 spiro atoms. The highest BCUT2D eigenvalue weighted by Crippen LogP contribution is 2.26. The van der Waals surface area contributed by atoms with Crippen molar-refractivity contribution in [2.45, 2.75) is 13.1 Å². The number of carboxylic acid groups (broad SMARTS) is 1. The number of benzene rings is 2. The van der Waals surface area contributed by atoms with Crippen LogP contribution in [0, 0.1) is 11.8 Å². The molecule has 4 rings (SSSR count). The molecule has 32 heavy (non-hydrogen) atoms. The van der Waals surface area contributed by atoms with E-state index in [0.717, 1.165) is 37.3 Å². The van der Waals surface area contributed by atoms with E-state index >= 15 is 0 Å². The fourth-order valence-electron chi connectivity index (χ4n) is 4.58. The Morgan fingerprint density at radius 3 is 2.22 bits per heavy atom. The van der Waals surface area contributed by atoms with E-state index in [1.54, 1.807) is 0 Å². The number of likely N-dealkylation sites (N-methyl/N-ethyl adjacent to an activating group) is 1. The summed E-state index contributed by atoms with van der Waals surface area (Å²) in [7, 11) is 2.14. The number of nitrogens with zero attached hydrogens (tertiary/aromatic N) is 3. The van der Waals surface area contributed by atoms with Crippen molar-refractivity contribution in [2.24, 2.45) is 11.8 Å². The maximum atomic E-state index is 12.9. The number of carboxylic acids is 1. The van der Waals surface area contributed by atoms with Crippen LogP contribution < -0.4 is 10.2 Å². The van der Waals surface area contributed by atoms with Crippen molar-refractivity contribution in [2.75, 3.05) is 51.2 Å². The third kappa shape index (κ3) is 5.47. The molecule has 2 aromatic carbocycles. The molecule has 0 radical (unpaired) electrons. The summed E-state index contributed by atoms with van der Waals surface area (Å²) >= 11 is 0. The Morgan fingerprint density at radius 2 is 1.56 bits per heavy atom. The van der Waals surface area contributed by atoms with Crippen molar-refractivity contribution >= 4 is 17.6 Å². The van der Waals surface area contributed by atoms with Gasteiger partial charge < -0.3 is 20.2 Å². The third-order valence-electron chi connectivity index (χ3n) is 6.57. The van der Waals surface area contributed by atoms with Gasteiger partial charge in [-0.3, -0.25) is 14.5 Å². The summed E-state index contributed by atoms with van der Waals surface area (Å²) in [5.74, 6) is -2.31. The van der Waals surface area contributed by atoms with E-state index in [9.17, 15) is 14.7 Å². The Bertz CT molecular complexity index is 911. The first kappa shape index (κ1) is 22.3. The van der Waals surface area contributed by atoms with Crippen LogP contribution in [0.1, 0.15) is 11.1 Å². The van der Waals surface area contributed by atoms with Crippen LogP contribution in [0.15, 0.2) is 54.6 Å². The number of aliphatic carboxylic acids is 1. The minimum Gasteiger partial charge on any atom is -0.481 e. The van der Waals surface area contributed by atoms with Crippen molar-refractivity contribution in [3.05, 3.63) is 65.7 Å². The number of rotatable bonds is 7. The summed E-state index contributed by atoms with van der Waals surface area (Å²) in [6, 6.07) is 18.2. The Balaban J connectivity index is 1.31. The van der Waals surface area contributed by atoms with Crippen LogP contribution in [0.3, 0.4) is 0 Å². The standard InChI is InChI=1S/C25H32N4O3/c1-27-11-13-29(14-12-27)21-9-7-19(8-10-21)15-26-24(30)22-17-28(18-23(22)25(31)32)16-20-5-3-2-4-6-20/h2-10,22-23H,11-18H2,1H3,(H,26,30)(H,31,32)/t22-,23+/m0/s1. The van der Waals surface area contributed by atoms with Gasteiger partial charge in [-0.2, -0.15) is 0 Å². The van der Waals surface area contributed by atoms with Gasteiger partial charge in [-0.05, 0) is 30.3 Å². The van der Waals surface area contributed by atoms with E-state index in [4.69, 9.17) is 0 Å². The molecule has 7 heteroatoms. The Morgan fingerprint density at radius 1 is 0.906 bits per heavy atom. The maximum Gasteiger partial charge on any atom is 0.308 e. The van der Waals surface area contributed by atoms with Crippen LogP contribution in [0.4, 0.5) is 5.69 Å². The summed E-state index contributed by atoms with van der Waals surface area (Å²) in [5, 5.41) is 12.6. The Hall–Kier alpha value is -2.90. The lowest BCUT2D eigenvalue weighted by Crippen LogP contribution is -2.44. The molecule has 0 bridgehead atoms. The topological polar surface area (TPSA) is 76.1 Å². The predicted octanol–water partition coefficient (Wildman–Crippen LogP) is 1.89. The zero-order valence-corrected chi connectivity index (χ0v) is 18.6. The lowest BCUT2D eigenvalue weighted by Gasteiger charge is -2.34. The summed E-state index contributed by atoms with van der Waals surface area (Å²) in [4.78, 5) is 31.4. The molecule has 2 heterocycles. The van der Waals surface area contributed by atoms with Gasteiger partial charge >= 0.3 is 5.97 Å².